The monoisotopic (exact) mass is 295 g/mol. The van der Waals surface area contributed by atoms with Gasteiger partial charge in [-0.05, 0) is 12.0 Å². The maximum absolute atomic E-state index is 11.9. The fourth-order valence-electron chi connectivity index (χ4n) is 1.58. The number of H-pyrrole nitrogens is 1. The predicted octanol–water partition coefficient (Wildman–Crippen LogP) is 2.92. The third-order valence-electron chi connectivity index (χ3n) is 2.57. The molecular formula is C12H14BrN3O. The van der Waals surface area contributed by atoms with Crippen LogP contribution in [0.2, 0.25) is 0 Å². The van der Waals surface area contributed by atoms with E-state index in [0.29, 0.717) is 0 Å². The maximum atomic E-state index is 11.9. The SMILES string of the molecule is CC(C)C(Br)C(=O)Nc1cccc2cn[nH]c12. The number of aromatic nitrogens is 2. The van der Waals surface area contributed by atoms with Crippen LogP contribution in [0, 0.1) is 5.92 Å². The smallest absolute Gasteiger partial charge is 0.238 e. The average molecular weight is 296 g/mol. The highest BCUT2D eigenvalue weighted by Crippen LogP contribution is 2.22. The molecule has 2 N–H and O–H groups in total. The Morgan fingerprint density at radius 1 is 1.47 bits per heavy atom. The molecule has 1 amide bonds. The second-order valence-electron chi connectivity index (χ2n) is 4.27. The van der Waals surface area contributed by atoms with Gasteiger partial charge in [-0.2, -0.15) is 5.10 Å². The van der Waals surface area contributed by atoms with Crippen LogP contribution in [-0.2, 0) is 4.79 Å². The van der Waals surface area contributed by atoms with E-state index in [2.05, 4.69) is 31.4 Å². The number of para-hydroxylation sites is 1. The molecule has 0 fully saturated rings. The van der Waals surface area contributed by atoms with Gasteiger partial charge in [0.2, 0.25) is 5.91 Å². The molecule has 0 saturated carbocycles. The van der Waals surface area contributed by atoms with Gasteiger partial charge in [0.1, 0.15) is 0 Å². The molecule has 1 aromatic carbocycles. The third-order valence-corrected chi connectivity index (χ3v) is 4.04. The number of halogens is 1. The fraction of sp³-hybridized carbons (Fsp3) is 0.333. The van der Waals surface area contributed by atoms with Crippen molar-refractivity contribution in [3.8, 4) is 0 Å². The van der Waals surface area contributed by atoms with Crippen molar-refractivity contribution in [2.45, 2.75) is 18.7 Å². The molecule has 0 aliphatic carbocycles. The number of rotatable bonds is 3. The summed E-state index contributed by atoms with van der Waals surface area (Å²) in [6, 6.07) is 5.70. The number of amides is 1. The molecule has 1 aromatic heterocycles. The number of alkyl halides is 1. The summed E-state index contributed by atoms with van der Waals surface area (Å²) in [5.74, 6) is 0.207. The van der Waals surface area contributed by atoms with Crippen LogP contribution in [0.5, 0.6) is 0 Å². The standard InChI is InChI=1S/C12H14BrN3O/c1-7(2)10(13)12(17)15-9-5-3-4-8-6-14-16-11(8)9/h3-7,10H,1-2H3,(H,14,16)(H,15,17). The number of benzene rings is 1. The van der Waals surface area contributed by atoms with Gasteiger partial charge in [0.25, 0.3) is 0 Å². The molecule has 90 valence electrons. The van der Waals surface area contributed by atoms with Crippen molar-refractivity contribution >= 4 is 38.4 Å². The van der Waals surface area contributed by atoms with Crippen LogP contribution in [0.4, 0.5) is 5.69 Å². The normalized spacial score (nSPS) is 12.9. The Balaban J connectivity index is 2.24. The first-order chi connectivity index (χ1) is 8.09. The zero-order valence-electron chi connectivity index (χ0n) is 9.70. The van der Waals surface area contributed by atoms with Crippen molar-refractivity contribution in [3.63, 3.8) is 0 Å². The molecule has 2 aromatic rings. The summed E-state index contributed by atoms with van der Waals surface area (Å²) < 4.78 is 0. The lowest BCUT2D eigenvalue weighted by Gasteiger charge is -2.14. The van der Waals surface area contributed by atoms with Crippen LogP contribution in [0.3, 0.4) is 0 Å². The van der Waals surface area contributed by atoms with E-state index in [1.54, 1.807) is 6.20 Å². The quantitative estimate of drug-likeness (QED) is 0.856. The molecular weight excluding hydrogens is 282 g/mol. The first-order valence-electron chi connectivity index (χ1n) is 5.46. The molecule has 1 heterocycles. The molecule has 1 unspecified atom stereocenters. The van der Waals surface area contributed by atoms with Crippen LogP contribution in [0.1, 0.15) is 13.8 Å². The van der Waals surface area contributed by atoms with Gasteiger partial charge in [0.15, 0.2) is 0 Å². The van der Waals surface area contributed by atoms with Crippen molar-refractivity contribution < 1.29 is 4.79 Å². The van der Waals surface area contributed by atoms with Crippen LogP contribution in [0.15, 0.2) is 24.4 Å². The number of hydrogen-bond donors (Lipinski definition) is 2. The van der Waals surface area contributed by atoms with Gasteiger partial charge < -0.3 is 5.32 Å². The van der Waals surface area contributed by atoms with E-state index >= 15 is 0 Å². The number of carbonyl (C=O) groups excluding carboxylic acids is 1. The van der Waals surface area contributed by atoms with Gasteiger partial charge in [0.05, 0.1) is 22.2 Å². The summed E-state index contributed by atoms with van der Waals surface area (Å²) in [5, 5.41) is 10.7. The van der Waals surface area contributed by atoms with Gasteiger partial charge in [-0.3, -0.25) is 9.89 Å². The topological polar surface area (TPSA) is 57.8 Å². The molecule has 0 aliphatic rings. The van der Waals surface area contributed by atoms with Crippen molar-refractivity contribution in [2.24, 2.45) is 5.92 Å². The molecule has 0 radical (unpaired) electrons. The summed E-state index contributed by atoms with van der Waals surface area (Å²) >= 11 is 3.38. The number of aromatic amines is 1. The van der Waals surface area contributed by atoms with Crippen LogP contribution in [0.25, 0.3) is 10.9 Å². The Kier molecular flexibility index (Phi) is 3.47. The number of fused-ring (bicyclic) bond motifs is 1. The molecule has 4 nitrogen and oxygen atoms in total. The number of carbonyl (C=O) groups is 1. The Morgan fingerprint density at radius 3 is 2.94 bits per heavy atom. The molecule has 0 spiro atoms. The minimum atomic E-state index is -0.194. The highest BCUT2D eigenvalue weighted by molar-refractivity contribution is 9.10. The van der Waals surface area contributed by atoms with E-state index in [9.17, 15) is 4.79 Å². The molecule has 0 bridgehead atoms. The fourth-order valence-corrected chi connectivity index (χ4v) is 1.69. The molecule has 2 rings (SSSR count). The van der Waals surface area contributed by atoms with Gasteiger partial charge in [-0.1, -0.05) is 41.9 Å². The first kappa shape index (κ1) is 12.1. The number of anilines is 1. The van der Waals surface area contributed by atoms with Crippen molar-refractivity contribution in [1.82, 2.24) is 10.2 Å². The predicted molar refractivity (Wildman–Crippen MR) is 72.3 cm³/mol. The van der Waals surface area contributed by atoms with Gasteiger partial charge in [-0.15, -0.1) is 0 Å². The molecule has 17 heavy (non-hydrogen) atoms. The lowest BCUT2D eigenvalue weighted by molar-refractivity contribution is -0.116. The lowest BCUT2D eigenvalue weighted by atomic mass is 10.1. The van der Waals surface area contributed by atoms with E-state index in [0.717, 1.165) is 16.6 Å². The highest BCUT2D eigenvalue weighted by Gasteiger charge is 2.19. The summed E-state index contributed by atoms with van der Waals surface area (Å²) in [6.07, 6.45) is 1.74. The van der Waals surface area contributed by atoms with E-state index in [4.69, 9.17) is 0 Å². The van der Waals surface area contributed by atoms with Crippen molar-refractivity contribution in [2.75, 3.05) is 5.32 Å². The number of nitrogens with zero attached hydrogens (tertiary/aromatic N) is 1. The molecule has 5 heteroatoms. The Labute approximate surface area is 108 Å². The minimum Gasteiger partial charge on any atom is -0.323 e. The summed E-state index contributed by atoms with van der Waals surface area (Å²) in [7, 11) is 0. The zero-order chi connectivity index (χ0) is 12.4. The molecule has 0 aliphatic heterocycles. The average Bonchev–Trinajstić information content (AvgIpc) is 2.76. The third kappa shape index (κ3) is 2.49. The van der Waals surface area contributed by atoms with Crippen LogP contribution < -0.4 is 5.32 Å². The maximum Gasteiger partial charge on any atom is 0.238 e. The highest BCUT2D eigenvalue weighted by atomic mass is 79.9. The van der Waals surface area contributed by atoms with E-state index in [1.165, 1.54) is 0 Å². The second-order valence-corrected chi connectivity index (χ2v) is 5.26. The first-order valence-corrected chi connectivity index (χ1v) is 6.38. The van der Waals surface area contributed by atoms with E-state index in [1.807, 2.05) is 32.0 Å². The Hall–Kier alpha value is -1.36. The van der Waals surface area contributed by atoms with Gasteiger partial charge in [-0.25, -0.2) is 0 Å². The summed E-state index contributed by atoms with van der Waals surface area (Å²) in [4.78, 5) is 11.7. The Bertz CT molecular complexity index is 535. The van der Waals surface area contributed by atoms with E-state index in [-0.39, 0.29) is 16.7 Å². The minimum absolute atomic E-state index is 0.0397. The summed E-state index contributed by atoms with van der Waals surface area (Å²) in [6.45, 7) is 3.99. The van der Waals surface area contributed by atoms with Crippen LogP contribution in [-0.4, -0.2) is 20.9 Å². The summed E-state index contributed by atoms with van der Waals surface area (Å²) in [5.41, 5.74) is 1.61. The van der Waals surface area contributed by atoms with Crippen molar-refractivity contribution in [1.29, 1.82) is 0 Å². The lowest BCUT2D eigenvalue weighted by Crippen LogP contribution is -2.27. The Morgan fingerprint density at radius 2 is 2.24 bits per heavy atom. The number of hydrogen-bond acceptors (Lipinski definition) is 2. The van der Waals surface area contributed by atoms with Gasteiger partial charge >= 0.3 is 0 Å². The van der Waals surface area contributed by atoms with Gasteiger partial charge in [0, 0.05) is 5.39 Å². The van der Waals surface area contributed by atoms with Crippen LogP contribution >= 0.6 is 15.9 Å². The molecule has 0 saturated heterocycles. The second kappa shape index (κ2) is 4.87. The number of nitrogens with one attached hydrogen (secondary N) is 2. The largest absolute Gasteiger partial charge is 0.323 e. The van der Waals surface area contributed by atoms with E-state index < -0.39 is 0 Å². The molecule has 1 atom stereocenters. The van der Waals surface area contributed by atoms with Crippen molar-refractivity contribution in [3.05, 3.63) is 24.4 Å². The zero-order valence-corrected chi connectivity index (χ0v) is 11.3.